The van der Waals surface area contributed by atoms with E-state index in [9.17, 15) is 13.7 Å². The summed E-state index contributed by atoms with van der Waals surface area (Å²) in [4.78, 5) is 4.31. The van der Waals surface area contributed by atoms with Gasteiger partial charge in [0.15, 0.2) is 0 Å². The van der Waals surface area contributed by atoms with Crippen molar-refractivity contribution in [3.8, 4) is 17.2 Å². The normalized spacial score (nSPS) is 17.9. The first-order valence-electron chi connectivity index (χ1n) is 11.1. The van der Waals surface area contributed by atoms with Crippen LogP contribution in [0.3, 0.4) is 0 Å². The van der Waals surface area contributed by atoms with Gasteiger partial charge in [0.2, 0.25) is 10.0 Å². The van der Waals surface area contributed by atoms with E-state index >= 15 is 0 Å². The Morgan fingerprint density at radius 3 is 2.53 bits per heavy atom. The van der Waals surface area contributed by atoms with Crippen LogP contribution in [0, 0.1) is 11.3 Å². The molecule has 1 saturated heterocycles. The number of rotatable bonds is 5. The van der Waals surface area contributed by atoms with Crippen LogP contribution in [0.4, 0.5) is 5.69 Å². The minimum absolute atomic E-state index is 0.193. The van der Waals surface area contributed by atoms with Gasteiger partial charge in [-0.3, -0.25) is 4.98 Å². The van der Waals surface area contributed by atoms with Crippen LogP contribution in [-0.4, -0.2) is 43.1 Å². The van der Waals surface area contributed by atoms with Gasteiger partial charge in [0.1, 0.15) is 0 Å². The Morgan fingerprint density at radius 1 is 1.06 bits per heavy atom. The standard InChI is InChI=1S/C25H26N4O2S/c1-32(30,31)29-10-7-22(8-11-29)28-25-14-20(13-19-6-9-27-16-24(19)25)18-4-5-23(17-2-3-17)21(12-18)15-26/h4-6,9,12-14,16-17,22,28H,2-3,7-8,10-11H2,1H3. The first-order chi connectivity index (χ1) is 15.4. The summed E-state index contributed by atoms with van der Waals surface area (Å²) in [5.41, 5.74) is 5.01. The Morgan fingerprint density at radius 2 is 1.84 bits per heavy atom. The Hall–Kier alpha value is -2.95. The highest BCUT2D eigenvalue weighted by molar-refractivity contribution is 7.88. The summed E-state index contributed by atoms with van der Waals surface area (Å²) in [6.07, 6.45) is 8.78. The van der Waals surface area contributed by atoms with Crippen LogP contribution in [0.25, 0.3) is 21.9 Å². The minimum atomic E-state index is -3.14. The molecule has 7 heteroatoms. The molecule has 2 aromatic carbocycles. The molecule has 1 N–H and O–H groups in total. The van der Waals surface area contributed by atoms with Crippen LogP contribution >= 0.6 is 0 Å². The van der Waals surface area contributed by atoms with E-state index in [2.05, 4.69) is 40.6 Å². The van der Waals surface area contributed by atoms with Crippen LogP contribution < -0.4 is 5.32 Å². The largest absolute Gasteiger partial charge is 0.382 e. The van der Waals surface area contributed by atoms with Crippen LogP contribution in [0.1, 0.15) is 42.7 Å². The van der Waals surface area contributed by atoms with Crippen molar-refractivity contribution in [2.45, 2.75) is 37.6 Å². The van der Waals surface area contributed by atoms with E-state index in [1.54, 1.807) is 10.5 Å². The van der Waals surface area contributed by atoms with Gasteiger partial charge in [0.25, 0.3) is 0 Å². The van der Waals surface area contributed by atoms with Crippen molar-refractivity contribution in [2.75, 3.05) is 24.7 Å². The topological polar surface area (TPSA) is 86.1 Å². The highest BCUT2D eigenvalue weighted by Crippen LogP contribution is 2.42. The minimum Gasteiger partial charge on any atom is -0.382 e. The molecule has 2 fully saturated rings. The number of hydrogen-bond donors (Lipinski definition) is 1. The van der Waals surface area contributed by atoms with Crippen molar-refractivity contribution in [1.82, 2.24) is 9.29 Å². The lowest BCUT2D eigenvalue weighted by Crippen LogP contribution is -2.41. The summed E-state index contributed by atoms with van der Waals surface area (Å²) in [5.74, 6) is 0.538. The lowest BCUT2D eigenvalue weighted by Gasteiger charge is -2.31. The summed E-state index contributed by atoms with van der Waals surface area (Å²) in [6.45, 7) is 1.06. The Labute approximate surface area is 188 Å². The van der Waals surface area contributed by atoms with Crippen LogP contribution in [0.2, 0.25) is 0 Å². The smallest absolute Gasteiger partial charge is 0.211 e. The lowest BCUT2D eigenvalue weighted by molar-refractivity contribution is 0.332. The third-order valence-corrected chi connectivity index (χ3v) is 7.87. The van der Waals surface area contributed by atoms with Gasteiger partial charge < -0.3 is 5.32 Å². The summed E-state index contributed by atoms with van der Waals surface area (Å²) < 4.78 is 25.2. The quantitative estimate of drug-likeness (QED) is 0.624. The van der Waals surface area contributed by atoms with Crippen LogP contribution in [0.15, 0.2) is 48.8 Å². The van der Waals surface area contributed by atoms with Gasteiger partial charge in [0, 0.05) is 42.6 Å². The fraction of sp³-hybridized carbons (Fsp3) is 0.360. The second-order valence-electron chi connectivity index (χ2n) is 8.89. The zero-order valence-corrected chi connectivity index (χ0v) is 18.9. The number of hydrogen-bond acceptors (Lipinski definition) is 5. The third-order valence-electron chi connectivity index (χ3n) is 6.56. The average Bonchev–Trinajstić information content (AvgIpc) is 3.64. The molecule has 32 heavy (non-hydrogen) atoms. The van der Waals surface area contributed by atoms with Gasteiger partial charge in [-0.1, -0.05) is 12.1 Å². The maximum absolute atomic E-state index is 11.8. The number of nitrogens with zero attached hydrogens (tertiary/aromatic N) is 3. The molecule has 0 bridgehead atoms. The summed E-state index contributed by atoms with van der Waals surface area (Å²) in [5, 5.41) is 15.4. The molecule has 3 aromatic rings. The Kier molecular flexibility index (Phi) is 5.36. The molecule has 6 nitrogen and oxygen atoms in total. The predicted molar refractivity (Wildman–Crippen MR) is 127 cm³/mol. The van der Waals surface area contributed by atoms with Crippen LogP contribution in [0.5, 0.6) is 0 Å². The molecule has 2 heterocycles. The third kappa shape index (κ3) is 4.21. The number of aromatic nitrogens is 1. The number of sulfonamides is 1. The molecule has 1 aromatic heterocycles. The number of nitriles is 1. The number of benzene rings is 2. The van der Waals surface area contributed by atoms with Crippen molar-refractivity contribution in [2.24, 2.45) is 0 Å². The number of piperidine rings is 1. The molecular formula is C25H26N4O2S. The molecule has 164 valence electrons. The fourth-order valence-corrected chi connectivity index (χ4v) is 5.49. The van der Waals surface area contributed by atoms with Gasteiger partial charge in [-0.05, 0) is 77.9 Å². The summed E-state index contributed by atoms with van der Waals surface area (Å²) in [7, 11) is -3.14. The average molecular weight is 447 g/mol. The number of fused-ring (bicyclic) bond motifs is 1. The molecule has 2 aliphatic rings. The SMILES string of the molecule is CS(=O)(=O)N1CCC(Nc2cc(-c3ccc(C4CC4)c(C#N)c3)cc3ccncc23)CC1. The van der Waals surface area contributed by atoms with Crippen LogP contribution in [-0.2, 0) is 10.0 Å². The van der Waals surface area contributed by atoms with Gasteiger partial charge in [-0.2, -0.15) is 5.26 Å². The van der Waals surface area contributed by atoms with Crippen molar-refractivity contribution < 1.29 is 8.42 Å². The van der Waals surface area contributed by atoms with E-state index in [0.29, 0.717) is 19.0 Å². The van der Waals surface area contributed by atoms with E-state index < -0.39 is 10.0 Å². The van der Waals surface area contributed by atoms with Crippen molar-refractivity contribution in [3.05, 3.63) is 59.9 Å². The van der Waals surface area contributed by atoms with Gasteiger partial charge in [-0.25, -0.2) is 12.7 Å². The van der Waals surface area contributed by atoms with E-state index in [0.717, 1.165) is 51.6 Å². The zero-order chi connectivity index (χ0) is 22.3. The highest BCUT2D eigenvalue weighted by atomic mass is 32.2. The second-order valence-corrected chi connectivity index (χ2v) is 10.9. The molecule has 0 atom stereocenters. The monoisotopic (exact) mass is 446 g/mol. The molecule has 1 saturated carbocycles. The van der Waals surface area contributed by atoms with E-state index in [1.807, 2.05) is 18.3 Å². The van der Waals surface area contributed by atoms with Crippen molar-refractivity contribution in [1.29, 1.82) is 5.26 Å². The molecule has 0 amide bonds. The molecule has 1 aliphatic carbocycles. The zero-order valence-electron chi connectivity index (χ0n) is 18.1. The molecule has 5 rings (SSSR count). The highest BCUT2D eigenvalue weighted by Gasteiger charge is 2.27. The molecule has 0 spiro atoms. The molecular weight excluding hydrogens is 420 g/mol. The first kappa shape index (κ1) is 20.9. The second kappa shape index (κ2) is 8.19. The summed E-state index contributed by atoms with van der Waals surface area (Å²) >= 11 is 0. The van der Waals surface area contributed by atoms with Crippen molar-refractivity contribution >= 4 is 26.5 Å². The van der Waals surface area contributed by atoms with E-state index in [4.69, 9.17) is 0 Å². The maximum Gasteiger partial charge on any atom is 0.211 e. The van der Waals surface area contributed by atoms with Gasteiger partial charge in [-0.15, -0.1) is 0 Å². The maximum atomic E-state index is 11.8. The van der Waals surface area contributed by atoms with Gasteiger partial charge >= 0.3 is 0 Å². The van der Waals surface area contributed by atoms with E-state index in [-0.39, 0.29) is 6.04 Å². The lowest BCUT2D eigenvalue weighted by atomic mass is 9.95. The van der Waals surface area contributed by atoms with Gasteiger partial charge in [0.05, 0.1) is 17.9 Å². The fourth-order valence-electron chi connectivity index (χ4n) is 4.62. The summed E-state index contributed by atoms with van der Waals surface area (Å²) in [6, 6.07) is 15.1. The molecule has 0 unspecified atom stereocenters. The first-order valence-corrected chi connectivity index (χ1v) is 12.9. The Bertz CT molecular complexity index is 1320. The number of anilines is 1. The molecule has 1 aliphatic heterocycles. The molecule has 0 radical (unpaired) electrons. The number of pyridine rings is 1. The Balaban J connectivity index is 1.47. The predicted octanol–water partition coefficient (Wildman–Crippen LogP) is 4.49. The van der Waals surface area contributed by atoms with E-state index in [1.165, 1.54) is 19.1 Å². The number of nitrogens with one attached hydrogen (secondary N) is 1. The van der Waals surface area contributed by atoms with Crippen molar-refractivity contribution in [3.63, 3.8) is 0 Å².